The van der Waals surface area contributed by atoms with Gasteiger partial charge < -0.3 is 20.1 Å². The van der Waals surface area contributed by atoms with Crippen LogP contribution in [0.3, 0.4) is 0 Å². The van der Waals surface area contributed by atoms with Crippen molar-refractivity contribution in [2.75, 3.05) is 30.9 Å². The Bertz CT molecular complexity index is 1410. The number of thioether (sulfide) groups is 1. The number of halogens is 1. The molecule has 0 unspecified atom stereocenters. The SMILES string of the molecule is COc1cccc(/C=C2\SC(=O)N(CC(=O)Nc3ccccc3F)C2=O)c1OCC(=O)Nc1ccccc1. The lowest BCUT2D eigenvalue weighted by Gasteiger charge is -2.14. The van der Waals surface area contributed by atoms with Crippen molar-refractivity contribution in [3.63, 3.8) is 0 Å². The molecule has 1 aliphatic heterocycles. The van der Waals surface area contributed by atoms with Gasteiger partial charge in [-0.05, 0) is 48.2 Å². The number of hydrogen-bond donors (Lipinski definition) is 2. The molecule has 4 amide bonds. The fourth-order valence-corrected chi connectivity index (χ4v) is 4.32. The fraction of sp³-hybridized carbons (Fsp3) is 0.111. The minimum Gasteiger partial charge on any atom is -0.493 e. The van der Waals surface area contributed by atoms with Crippen LogP contribution in [-0.4, -0.2) is 48.1 Å². The van der Waals surface area contributed by atoms with Gasteiger partial charge >= 0.3 is 0 Å². The molecule has 0 radical (unpaired) electrons. The average molecular weight is 536 g/mol. The number of benzene rings is 3. The highest BCUT2D eigenvalue weighted by Crippen LogP contribution is 2.37. The van der Waals surface area contributed by atoms with Crippen LogP contribution in [0, 0.1) is 5.82 Å². The summed E-state index contributed by atoms with van der Waals surface area (Å²) in [6.07, 6.45) is 1.42. The second-order valence-corrected chi connectivity index (χ2v) is 8.87. The van der Waals surface area contributed by atoms with Crippen LogP contribution in [0.1, 0.15) is 5.56 Å². The number of nitrogens with one attached hydrogen (secondary N) is 2. The number of hydrogen-bond acceptors (Lipinski definition) is 7. The summed E-state index contributed by atoms with van der Waals surface area (Å²) >= 11 is 0.645. The third-order valence-electron chi connectivity index (χ3n) is 5.24. The Morgan fingerprint density at radius 3 is 2.42 bits per heavy atom. The smallest absolute Gasteiger partial charge is 0.294 e. The van der Waals surface area contributed by atoms with Gasteiger partial charge in [0.2, 0.25) is 5.91 Å². The average Bonchev–Trinajstić information content (AvgIpc) is 3.16. The molecule has 0 bridgehead atoms. The topological polar surface area (TPSA) is 114 Å². The van der Waals surface area contributed by atoms with E-state index in [0.29, 0.717) is 28.8 Å². The second-order valence-electron chi connectivity index (χ2n) is 7.88. The van der Waals surface area contributed by atoms with Gasteiger partial charge in [0.15, 0.2) is 18.1 Å². The first kappa shape index (κ1) is 26.4. The lowest BCUT2D eigenvalue weighted by Crippen LogP contribution is -2.36. The maximum atomic E-state index is 13.8. The van der Waals surface area contributed by atoms with Crippen LogP contribution < -0.4 is 20.1 Å². The van der Waals surface area contributed by atoms with Crippen molar-refractivity contribution in [2.45, 2.75) is 0 Å². The maximum absolute atomic E-state index is 13.8. The molecule has 0 aliphatic carbocycles. The van der Waals surface area contributed by atoms with E-state index in [9.17, 15) is 23.6 Å². The summed E-state index contributed by atoms with van der Waals surface area (Å²) in [6, 6.07) is 19.3. The van der Waals surface area contributed by atoms with Crippen molar-refractivity contribution >= 4 is 52.2 Å². The number of carbonyl (C=O) groups is 4. The van der Waals surface area contributed by atoms with E-state index in [4.69, 9.17) is 9.47 Å². The van der Waals surface area contributed by atoms with Crippen molar-refractivity contribution < 1.29 is 33.0 Å². The molecule has 0 spiro atoms. The van der Waals surface area contributed by atoms with Gasteiger partial charge in [-0.25, -0.2) is 4.39 Å². The molecule has 194 valence electrons. The van der Waals surface area contributed by atoms with Gasteiger partial charge in [-0.1, -0.05) is 42.5 Å². The first-order chi connectivity index (χ1) is 18.4. The summed E-state index contributed by atoms with van der Waals surface area (Å²) < 4.78 is 24.9. The van der Waals surface area contributed by atoms with Crippen molar-refractivity contribution in [1.82, 2.24) is 4.90 Å². The highest BCUT2D eigenvalue weighted by molar-refractivity contribution is 8.18. The third kappa shape index (κ3) is 6.37. The number of nitrogens with zero attached hydrogens (tertiary/aromatic N) is 1. The van der Waals surface area contributed by atoms with Crippen LogP contribution in [0.5, 0.6) is 11.5 Å². The number of rotatable bonds is 9. The van der Waals surface area contributed by atoms with E-state index < -0.39 is 35.3 Å². The molecule has 0 saturated carbocycles. The highest BCUT2D eigenvalue weighted by Gasteiger charge is 2.36. The van der Waals surface area contributed by atoms with E-state index in [1.807, 2.05) is 6.07 Å². The molecule has 3 aromatic rings. The molecule has 2 N–H and O–H groups in total. The number of ether oxygens (including phenoxy) is 2. The molecule has 1 fully saturated rings. The molecule has 38 heavy (non-hydrogen) atoms. The quantitative estimate of drug-likeness (QED) is 0.387. The number of para-hydroxylation sites is 3. The number of amides is 4. The highest BCUT2D eigenvalue weighted by atomic mass is 32.2. The third-order valence-corrected chi connectivity index (χ3v) is 6.15. The van der Waals surface area contributed by atoms with Gasteiger partial charge in [-0.15, -0.1) is 0 Å². The van der Waals surface area contributed by atoms with Gasteiger partial charge in [0.05, 0.1) is 17.7 Å². The summed E-state index contributed by atoms with van der Waals surface area (Å²) in [4.78, 5) is 51.0. The standard InChI is InChI=1S/C27H22FN3O6S/c1-36-21-13-7-8-17(25(21)37-16-24(33)29-18-9-3-2-4-10-18)14-22-26(34)31(27(35)38-22)15-23(32)30-20-12-6-5-11-19(20)28/h2-14H,15-16H2,1H3,(H,29,33)(H,30,32)/b22-14-. The van der Waals surface area contributed by atoms with Gasteiger partial charge in [-0.3, -0.25) is 24.1 Å². The minimum atomic E-state index is -0.728. The number of anilines is 2. The Kier molecular flexibility index (Phi) is 8.39. The van der Waals surface area contributed by atoms with Crippen molar-refractivity contribution in [3.05, 3.63) is 89.1 Å². The van der Waals surface area contributed by atoms with Crippen LogP contribution in [0.25, 0.3) is 6.08 Å². The van der Waals surface area contributed by atoms with Crippen LogP contribution in [0.2, 0.25) is 0 Å². The van der Waals surface area contributed by atoms with E-state index in [1.54, 1.807) is 48.5 Å². The van der Waals surface area contributed by atoms with Crippen LogP contribution in [0.4, 0.5) is 20.6 Å². The molecule has 3 aromatic carbocycles. The minimum absolute atomic E-state index is 0.0422. The zero-order valence-electron chi connectivity index (χ0n) is 20.1. The summed E-state index contributed by atoms with van der Waals surface area (Å²) in [5.41, 5.74) is 0.932. The molecule has 1 saturated heterocycles. The summed E-state index contributed by atoms with van der Waals surface area (Å²) in [5, 5.41) is 4.40. The summed E-state index contributed by atoms with van der Waals surface area (Å²) in [7, 11) is 1.43. The molecule has 4 rings (SSSR count). The molecule has 9 nitrogen and oxygen atoms in total. The fourth-order valence-electron chi connectivity index (χ4n) is 3.49. The largest absolute Gasteiger partial charge is 0.493 e. The monoisotopic (exact) mass is 535 g/mol. The van der Waals surface area contributed by atoms with Crippen LogP contribution >= 0.6 is 11.8 Å². The Morgan fingerprint density at radius 2 is 1.68 bits per heavy atom. The lowest BCUT2D eigenvalue weighted by molar-refractivity contribution is -0.127. The van der Waals surface area contributed by atoms with Crippen molar-refractivity contribution in [3.8, 4) is 11.5 Å². The second kappa shape index (κ2) is 12.1. The Balaban J connectivity index is 1.47. The molecule has 1 aliphatic rings. The van der Waals surface area contributed by atoms with Gasteiger partial charge in [0.25, 0.3) is 17.1 Å². The number of imide groups is 1. The first-order valence-electron chi connectivity index (χ1n) is 11.3. The Labute approximate surface area is 221 Å². The molecule has 0 aromatic heterocycles. The van der Waals surface area contributed by atoms with Crippen LogP contribution in [0.15, 0.2) is 77.7 Å². The van der Waals surface area contributed by atoms with Gasteiger partial charge in [0.1, 0.15) is 12.4 Å². The van der Waals surface area contributed by atoms with Gasteiger partial charge in [0, 0.05) is 11.3 Å². The van der Waals surface area contributed by atoms with E-state index in [2.05, 4.69) is 10.6 Å². The predicted molar refractivity (Wildman–Crippen MR) is 141 cm³/mol. The molecular formula is C27H22FN3O6S. The van der Waals surface area contributed by atoms with E-state index in [-0.39, 0.29) is 22.9 Å². The molecule has 11 heteroatoms. The first-order valence-corrected chi connectivity index (χ1v) is 12.1. The van der Waals surface area contributed by atoms with E-state index in [0.717, 1.165) is 4.90 Å². The Morgan fingerprint density at radius 1 is 0.947 bits per heavy atom. The lowest BCUT2D eigenvalue weighted by atomic mass is 10.1. The van der Waals surface area contributed by atoms with Crippen LogP contribution in [-0.2, 0) is 14.4 Å². The van der Waals surface area contributed by atoms with Gasteiger partial charge in [-0.2, -0.15) is 0 Å². The van der Waals surface area contributed by atoms with E-state index >= 15 is 0 Å². The maximum Gasteiger partial charge on any atom is 0.294 e. The van der Waals surface area contributed by atoms with E-state index in [1.165, 1.54) is 31.4 Å². The molecule has 1 heterocycles. The Hall–Kier alpha value is -4.64. The molecular weight excluding hydrogens is 513 g/mol. The summed E-state index contributed by atoms with van der Waals surface area (Å²) in [5.74, 6) is -1.96. The zero-order chi connectivity index (χ0) is 27.1. The zero-order valence-corrected chi connectivity index (χ0v) is 20.9. The van der Waals surface area contributed by atoms with Crippen molar-refractivity contribution in [1.29, 1.82) is 0 Å². The summed E-state index contributed by atoms with van der Waals surface area (Å²) in [6.45, 7) is -0.925. The normalized spacial score (nSPS) is 13.9. The predicted octanol–water partition coefficient (Wildman–Crippen LogP) is 4.53. The number of methoxy groups -OCH3 is 1. The van der Waals surface area contributed by atoms with Crippen molar-refractivity contribution in [2.24, 2.45) is 0 Å². The molecule has 0 atom stereocenters. The number of carbonyl (C=O) groups excluding carboxylic acids is 4.